The summed E-state index contributed by atoms with van der Waals surface area (Å²) in [5.41, 5.74) is 6.45. The Labute approximate surface area is 134 Å². The van der Waals surface area contributed by atoms with Crippen molar-refractivity contribution in [1.82, 2.24) is 5.32 Å². The van der Waals surface area contributed by atoms with E-state index < -0.39 is 5.54 Å². The van der Waals surface area contributed by atoms with E-state index in [4.69, 9.17) is 10.5 Å². The number of hydrogen-bond donors (Lipinski definition) is 2. The predicted octanol–water partition coefficient (Wildman–Crippen LogP) is 2.35. The van der Waals surface area contributed by atoms with Gasteiger partial charge in [-0.05, 0) is 30.5 Å². The van der Waals surface area contributed by atoms with E-state index >= 15 is 0 Å². The number of rotatable bonds is 4. The molecule has 0 unspecified atom stereocenters. The van der Waals surface area contributed by atoms with Gasteiger partial charge in [0.2, 0.25) is 5.91 Å². The van der Waals surface area contributed by atoms with Crippen molar-refractivity contribution in [2.24, 2.45) is 5.73 Å². The van der Waals surface area contributed by atoms with Gasteiger partial charge in [-0.15, -0.1) is 0 Å². The molecule has 0 atom stereocenters. The molecular formula is C16H23BrN2O2. The second kappa shape index (κ2) is 6.46. The molecule has 0 radical (unpaired) electrons. The lowest BCUT2D eigenvalue weighted by Gasteiger charge is -2.34. The number of carbonyl (C=O) groups is 1. The number of halogens is 1. The van der Waals surface area contributed by atoms with E-state index in [1.165, 1.54) is 5.56 Å². The summed E-state index contributed by atoms with van der Waals surface area (Å²) in [6.45, 7) is 5.90. The van der Waals surface area contributed by atoms with E-state index in [9.17, 15) is 4.79 Å². The maximum Gasteiger partial charge on any atom is 0.240 e. The standard InChI is InChI=1S/C16H23BrN2O2/c1-15(2,12-3-5-13(17)6-4-12)11-19-14(20)16(18)7-9-21-10-8-16/h3-6H,7-11,18H2,1-2H3,(H,19,20). The molecule has 0 spiro atoms. The Bertz CT molecular complexity index is 494. The molecule has 1 saturated heterocycles. The lowest BCUT2D eigenvalue weighted by molar-refractivity contribution is -0.130. The Balaban J connectivity index is 1.97. The highest BCUT2D eigenvalue weighted by molar-refractivity contribution is 9.10. The summed E-state index contributed by atoms with van der Waals surface area (Å²) < 4.78 is 6.33. The minimum absolute atomic E-state index is 0.0732. The molecule has 0 saturated carbocycles. The minimum Gasteiger partial charge on any atom is -0.381 e. The molecule has 5 heteroatoms. The maximum atomic E-state index is 12.4. The van der Waals surface area contributed by atoms with E-state index in [2.05, 4.69) is 47.2 Å². The molecule has 1 aliphatic heterocycles. The number of benzene rings is 1. The maximum absolute atomic E-state index is 12.4. The number of carbonyl (C=O) groups excluding carboxylic acids is 1. The number of amides is 1. The first-order chi connectivity index (χ1) is 9.83. The molecular weight excluding hydrogens is 332 g/mol. The molecule has 0 aromatic heterocycles. The fraction of sp³-hybridized carbons (Fsp3) is 0.562. The van der Waals surface area contributed by atoms with E-state index in [1.54, 1.807) is 0 Å². The zero-order valence-corrected chi connectivity index (χ0v) is 14.2. The predicted molar refractivity (Wildman–Crippen MR) is 87.1 cm³/mol. The van der Waals surface area contributed by atoms with Gasteiger partial charge >= 0.3 is 0 Å². The molecule has 116 valence electrons. The van der Waals surface area contributed by atoms with Crippen LogP contribution >= 0.6 is 15.9 Å². The topological polar surface area (TPSA) is 64.4 Å². The zero-order chi connectivity index (χ0) is 15.5. The second-order valence-corrected chi connectivity index (χ2v) is 7.26. The molecule has 3 N–H and O–H groups in total. The number of ether oxygens (including phenoxy) is 1. The Kier molecular flexibility index (Phi) is 5.07. The molecule has 1 aliphatic rings. The van der Waals surface area contributed by atoms with E-state index in [0.29, 0.717) is 32.6 Å². The Morgan fingerprint density at radius 3 is 2.48 bits per heavy atom. The van der Waals surface area contributed by atoms with E-state index in [0.717, 1.165) is 4.47 Å². The van der Waals surface area contributed by atoms with Crippen LogP contribution in [-0.2, 0) is 14.9 Å². The Morgan fingerprint density at radius 1 is 1.33 bits per heavy atom. The molecule has 0 bridgehead atoms. The second-order valence-electron chi connectivity index (χ2n) is 6.34. The lowest BCUT2D eigenvalue weighted by atomic mass is 9.84. The van der Waals surface area contributed by atoms with Crippen LogP contribution < -0.4 is 11.1 Å². The molecule has 1 aromatic rings. The van der Waals surface area contributed by atoms with Gasteiger partial charge in [0.1, 0.15) is 0 Å². The highest BCUT2D eigenvalue weighted by Crippen LogP contribution is 2.25. The first kappa shape index (κ1) is 16.5. The summed E-state index contributed by atoms with van der Waals surface area (Å²) in [6.07, 6.45) is 1.16. The van der Waals surface area contributed by atoms with Gasteiger partial charge in [0.05, 0.1) is 5.54 Å². The molecule has 1 fully saturated rings. The molecule has 0 aliphatic carbocycles. The summed E-state index contributed by atoms with van der Waals surface area (Å²) in [6, 6.07) is 8.18. The summed E-state index contributed by atoms with van der Waals surface area (Å²) in [7, 11) is 0. The SMILES string of the molecule is CC(C)(CNC(=O)C1(N)CCOCC1)c1ccc(Br)cc1. The smallest absolute Gasteiger partial charge is 0.240 e. The third-order valence-corrected chi connectivity index (χ3v) is 4.68. The van der Waals surface area contributed by atoms with Crippen molar-refractivity contribution in [3.8, 4) is 0 Å². The van der Waals surface area contributed by atoms with Crippen LogP contribution in [0.4, 0.5) is 0 Å². The van der Waals surface area contributed by atoms with Crippen molar-refractivity contribution in [3.63, 3.8) is 0 Å². The third-order valence-electron chi connectivity index (χ3n) is 4.15. The van der Waals surface area contributed by atoms with Gasteiger partial charge in [0.25, 0.3) is 0 Å². The van der Waals surface area contributed by atoms with Gasteiger partial charge in [0, 0.05) is 29.6 Å². The molecule has 4 nitrogen and oxygen atoms in total. The lowest BCUT2D eigenvalue weighted by Crippen LogP contribution is -2.58. The van der Waals surface area contributed by atoms with Crippen LogP contribution in [-0.4, -0.2) is 31.2 Å². The van der Waals surface area contributed by atoms with Crippen LogP contribution in [0.1, 0.15) is 32.3 Å². The normalized spacial score (nSPS) is 18.3. The number of hydrogen-bond acceptors (Lipinski definition) is 3. The molecule has 1 aromatic carbocycles. The van der Waals surface area contributed by atoms with Crippen LogP contribution in [0.25, 0.3) is 0 Å². The van der Waals surface area contributed by atoms with Crippen molar-refractivity contribution in [3.05, 3.63) is 34.3 Å². The molecule has 1 amide bonds. The van der Waals surface area contributed by atoms with E-state index in [-0.39, 0.29) is 11.3 Å². The van der Waals surface area contributed by atoms with Gasteiger partial charge < -0.3 is 15.8 Å². The average Bonchev–Trinajstić information content (AvgIpc) is 2.46. The third kappa shape index (κ3) is 4.05. The monoisotopic (exact) mass is 354 g/mol. The summed E-state index contributed by atoms with van der Waals surface area (Å²) in [4.78, 5) is 12.4. The van der Waals surface area contributed by atoms with Crippen molar-refractivity contribution < 1.29 is 9.53 Å². The van der Waals surface area contributed by atoms with Crippen LogP contribution in [0.3, 0.4) is 0 Å². The zero-order valence-electron chi connectivity index (χ0n) is 12.6. The van der Waals surface area contributed by atoms with Crippen LogP contribution in [0.5, 0.6) is 0 Å². The fourth-order valence-electron chi connectivity index (χ4n) is 2.44. The Hall–Kier alpha value is -0.910. The minimum atomic E-state index is -0.784. The first-order valence-electron chi connectivity index (χ1n) is 7.24. The van der Waals surface area contributed by atoms with Gasteiger partial charge in [0.15, 0.2) is 0 Å². The average molecular weight is 355 g/mol. The summed E-state index contributed by atoms with van der Waals surface area (Å²) in [5, 5.41) is 3.02. The van der Waals surface area contributed by atoms with Crippen LogP contribution in [0.15, 0.2) is 28.7 Å². The van der Waals surface area contributed by atoms with E-state index in [1.807, 2.05) is 12.1 Å². The van der Waals surface area contributed by atoms with Gasteiger partial charge in [-0.2, -0.15) is 0 Å². The highest BCUT2D eigenvalue weighted by Gasteiger charge is 2.36. The Morgan fingerprint density at radius 2 is 1.90 bits per heavy atom. The van der Waals surface area contributed by atoms with Crippen molar-refractivity contribution in [1.29, 1.82) is 0 Å². The highest BCUT2D eigenvalue weighted by atomic mass is 79.9. The number of nitrogens with one attached hydrogen (secondary N) is 1. The van der Waals surface area contributed by atoms with Gasteiger partial charge in [-0.3, -0.25) is 4.79 Å². The number of nitrogens with two attached hydrogens (primary N) is 1. The largest absolute Gasteiger partial charge is 0.381 e. The van der Waals surface area contributed by atoms with Crippen LogP contribution in [0.2, 0.25) is 0 Å². The van der Waals surface area contributed by atoms with Gasteiger partial charge in [-0.25, -0.2) is 0 Å². The van der Waals surface area contributed by atoms with Crippen LogP contribution in [0, 0.1) is 0 Å². The molecule has 21 heavy (non-hydrogen) atoms. The summed E-state index contributed by atoms with van der Waals surface area (Å²) >= 11 is 3.44. The molecule has 2 rings (SSSR count). The van der Waals surface area contributed by atoms with Crippen molar-refractivity contribution in [2.45, 2.75) is 37.6 Å². The summed E-state index contributed by atoms with van der Waals surface area (Å²) in [5.74, 6) is -0.0732. The molecule has 1 heterocycles. The van der Waals surface area contributed by atoms with Crippen molar-refractivity contribution >= 4 is 21.8 Å². The van der Waals surface area contributed by atoms with Crippen molar-refractivity contribution in [2.75, 3.05) is 19.8 Å². The first-order valence-corrected chi connectivity index (χ1v) is 8.04. The van der Waals surface area contributed by atoms with Gasteiger partial charge in [-0.1, -0.05) is 41.9 Å². The fourth-order valence-corrected chi connectivity index (χ4v) is 2.71. The quantitative estimate of drug-likeness (QED) is 0.872.